The van der Waals surface area contributed by atoms with E-state index in [0.717, 1.165) is 41.5 Å². The summed E-state index contributed by atoms with van der Waals surface area (Å²) in [6.45, 7) is 0.181. The number of nitrogens with one attached hydrogen (secondary N) is 1. The van der Waals surface area contributed by atoms with Crippen LogP contribution in [0.4, 0.5) is 0 Å². The van der Waals surface area contributed by atoms with Crippen molar-refractivity contribution in [1.29, 1.82) is 0 Å². The number of esters is 1. The van der Waals surface area contributed by atoms with Crippen LogP contribution in [0.5, 0.6) is 0 Å². The van der Waals surface area contributed by atoms with Gasteiger partial charge in [0.1, 0.15) is 6.61 Å². The number of carboxylic acids is 1. The molecule has 7 heteroatoms. The van der Waals surface area contributed by atoms with Gasteiger partial charge in [0.2, 0.25) is 5.91 Å². The third kappa shape index (κ3) is 7.92. The van der Waals surface area contributed by atoms with Crippen molar-refractivity contribution >= 4 is 29.4 Å². The van der Waals surface area contributed by atoms with E-state index in [4.69, 9.17) is 21.4 Å². The summed E-state index contributed by atoms with van der Waals surface area (Å²) in [5.41, 5.74) is 6.56. The van der Waals surface area contributed by atoms with Crippen molar-refractivity contribution in [3.8, 4) is 11.1 Å². The van der Waals surface area contributed by atoms with Gasteiger partial charge in [0.25, 0.3) is 0 Å². The summed E-state index contributed by atoms with van der Waals surface area (Å²) in [4.78, 5) is 35.9. The lowest BCUT2D eigenvalue weighted by Gasteiger charge is -2.19. The zero-order chi connectivity index (χ0) is 26.2. The number of amides is 1. The molecule has 0 fully saturated rings. The van der Waals surface area contributed by atoms with E-state index in [9.17, 15) is 14.4 Å². The monoisotopic (exact) mass is 519 g/mol. The molecule has 4 rings (SSSR count). The van der Waals surface area contributed by atoms with Gasteiger partial charge >= 0.3 is 11.9 Å². The molecule has 3 aromatic rings. The van der Waals surface area contributed by atoms with Crippen LogP contribution in [0.25, 0.3) is 11.1 Å². The van der Waals surface area contributed by atoms with Gasteiger partial charge < -0.3 is 15.2 Å². The third-order valence-corrected chi connectivity index (χ3v) is 6.74. The van der Waals surface area contributed by atoms with Crippen molar-refractivity contribution in [2.75, 3.05) is 0 Å². The van der Waals surface area contributed by atoms with Crippen molar-refractivity contribution < 1.29 is 24.2 Å². The molecular formula is C30H30ClNO5. The second-order valence-electron chi connectivity index (χ2n) is 9.39. The summed E-state index contributed by atoms with van der Waals surface area (Å²) in [6, 6.07) is 21.1. The molecular weight excluding hydrogens is 490 g/mol. The van der Waals surface area contributed by atoms with E-state index in [1.165, 1.54) is 11.1 Å². The van der Waals surface area contributed by atoms with Crippen LogP contribution in [0.2, 0.25) is 5.02 Å². The fraction of sp³-hybridized carbons (Fsp3) is 0.300. The summed E-state index contributed by atoms with van der Waals surface area (Å²) < 4.78 is 5.53. The molecule has 0 aromatic heterocycles. The van der Waals surface area contributed by atoms with Gasteiger partial charge in [-0.1, -0.05) is 66.2 Å². The molecule has 2 N–H and O–H groups in total. The van der Waals surface area contributed by atoms with Gasteiger partial charge in [-0.25, -0.2) is 0 Å². The first-order valence-electron chi connectivity index (χ1n) is 12.5. The zero-order valence-electron chi connectivity index (χ0n) is 20.5. The largest absolute Gasteiger partial charge is 0.481 e. The molecule has 0 bridgehead atoms. The lowest BCUT2D eigenvalue weighted by molar-refractivity contribution is -0.146. The van der Waals surface area contributed by atoms with Gasteiger partial charge in [-0.3, -0.25) is 14.4 Å². The van der Waals surface area contributed by atoms with E-state index in [0.29, 0.717) is 11.4 Å². The number of carbonyl (C=O) groups excluding carboxylic acids is 2. The Kier molecular flexibility index (Phi) is 8.96. The maximum absolute atomic E-state index is 12.7. The van der Waals surface area contributed by atoms with Gasteiger partial charge in [0.05, 0.1) is 12.8 Å². The van der Waals surface area contributed by atoms with Crippen molar-refractivity contribution in [3.63, 3.8) is 0 Å². The number of fused-ring (bicyclic) bond motifs is 1. The minimum absolute atomic E-state index is 0.0141. The van der Waals surface area contributed by atoms with Gasteiger partial charge in [0.15, 0.2) is 0 Å². The number of carbonyl (C=O) groups is 3. The number of carboxylic acid groups (broad SMARTS) is 1. The summed E-state index contributed by atoms with van der Waals surface area (Å²) in [5.74, 6) is -1.87. The van der Waals surface area contributed by atoms with Crippen LogP contribution in [0.3, 0.4) is 0 Å². The third-order valence-electron chi connectivity index (χ3n) is 6.50. The Bertz CT molecular complexity index is 1270. The fourth-order valence-electron chi connectivity index (χ4n) is 4.62. The Morgan fingerprint density at radius 1 is 0.892 bits per heavy atom. The van der Waals surface area contributed by atoms with Crippen molar-refractivity contribution in [1.82, 2.24) is 5.32 Å². The number of rotatable bonds is 11. The summed E-state index contributed by atoms with van der Waals surface area (Å²) in [6.07, 6.45) is 3.28. The summed E-state index contributed by atoms with van der Waals surface area (Å²) in [5, 5.41) is 12.4. The minimum atomic E-state index is -1.04. The molecule has 1 aliphatic carbocycles. The van der Waals surface area contributed by atoms with Crippen LogP contribution in [0.1, 0.15) is 47.9 Å². The Morgan fingerprint density at radius 3 is 2.41 bits per heavy atom. The number of halogens is 1. The predicted molar refractivity (Wildman–Crippen MR) is 142 cm³/mol. The van der Waals surface area contributed by atoms with E-state index in [2.05, 4.69) is 17.4 Å². The highest BCUT2D eigenvalue weighted by molar-refractivity contribution is 6.30. The van der Waals surface area contributed by atoms with E-state index < -0.39 is 23.9 Å². The molecule has 3 aromatic carbocycles. The molecule has 37 heavy (non-hydrogen) atoms. The first-order chi connectivity index (χ1) is 17.9. The number of benzene rings is 3. The van der Waals surface area contributed by atoms with Crippen LogP contribution in [-0.2, 0) is 45.0 Å². The molecule has 0 saturated heterocycles. The normalized spacial score (nSPS) is 13.0. The van der Waals surface area contributed by atoms with E-state index in [-0.39, 0.29) is 25.9 Å². The maximum Gasteiger partial charge on any atom is 0.308 e. The number of ether oxygens (including phenoxy) is 1. The Balaban J connectivity index is 1.39. The second-order valence-corrected chi connectivity index (χ2v) is 9.83. The summed E-state index contributed by atoms with van der Waals surface area (Å²) in [7, 11) is 0. The Labute approximate surface area is 221 Å². The van der Waals surface area contributed by atoms with Gasteiger partial charge in [-0.05, 0) is 71.2 Å². The molecule has 0 spiro atoms. The van der Waals surface area contributed by atoms with Crippen LogP contribution in [-0.4, -0.2) is 29.0 Å². The van der Waals surface area contributed by atoms with E-state index in [1.54, 1.807) is 0 Å². The standard InChI is InChI=1S/C30H30ClNO5/c31-26-6-2-5-25(17-26)23-10-7-20(8-11-23)16-27(32-28(33)13-14-29(34)35)18-30(36)37-19-21-9-12-22-3-1-4-24(22)15-21/h2,5-12,15,17,27H,1,3-4,13-14,16,18-19H2,(H,32,33)(H,34,35)/t27-/m1/s1. The Morgan fingerprint density at radius 2 is 1.65 bits per heavy atom. The topological polar surface area (TPSA) is 92.7 Å². The molecule has 0 unspecified atom stereocenters. The van der Waals surface area contributed by atoms with Crippen molar-refractivity contribution in [3.05, 3.63) is 94.0 Å². The zero-order valence-corrected chi connectivity index (χ0v) is 21.3. The van der Waals surface area contributed by atoms with E-state index >= 15 is 0 Å². The average Bonchev–Trinajstić information content (AvgIpc) is 3.35. The molecule has 1 aliphatic rings. The first kappa shape index (κ1) is 26.4. The lowest BCUT2D eigenvalue weighted by atomic mass is 9.99. The first-order valence-corrected chi connectivity index (χ1v) is 12.9. The van der Waals surface area contributed by atoms with Crippen molar-refractivity contribution in [2.24, 2.45) is 0 Å². The highest BCUT2D eigenvalue weighted by Gasteiger charge is 2.19. The van der Waals surface area contributed by atoms with Crippen LogP contribution in [0.15, 0.2) is 66.7 Å². The Hall–Kier alpha value is -3.64. The SMILES string of the molecule is O=C(O)CCC(=O)N[C@@H](CC(=O)OCc1ccc2c(c1)CCC2)Cc1ccc(-c2cccc(Cl)c2)cc1. The lowest BCUT2D eigenvalue weighted by Crippen LogP contribution is -2.38. The van der Waals surface area contributed by atoms with Gasteiger partial charge in [-0.15, -0.1) is 0 Å². The fourth-order valence-corrected chi connectivity index (χ4v) is 4.81. The number of hydrogen-bond donors (Lipinski definition) is 2. The van der Waals surface area contributed by atoms with Crippen LogP contribution >= 0.6 is 11.6 Å². The molecule has 0 radical (unpaired) electrons. The highest BCUT2D eigenvalue weighted by Crippen LogP contribution is 2.24. The minimum Gasteiger partial charge on any atom is -0.481 e. The van der Waals surface area contributed by atoms with E-state index in [1.807, 2.05) is 54.6 Å². The van der Waals surface area contributed by atoms with Crippen LogP contribution < -0.4 is 5.32 Å². The predicted octanol–water partition coefficient (Wildman–Crippen LogP) is 5.52. The number of hydrogen-bond acceptors (Lipinski definition) is 4. The number of aryl methyl sites for hydroxylation is 2. The molecule has 0 heterocycles. The number of aliphatic carboxylic acids is 1. The smallest absolute Gasteiger partial charge is 0.308 e. The molecule has 192 valence electrons. The molecule has 6 nitrogen and oxygen atoms in total. The maximum atomic E-state index is 12.7. The quantitative estimate of drug-likeness (QED) is 0.325. The van der Waals surface area contributed by atoms with Gasteiger partial charge in [-0.2, -0.15) is 0 Å². The summed E-state index contributed by atoms with van der Waals surface area (Å²) >= 11 is 6.11. The van der Waals surface area contributed by atoms with Crippen LogP contribution in [0, 0.1) is 0 Å². The molecule has 1 atom stereocenters. The van der Waals surface area contributed by atoms with Crippen molar-refractivity contribution in [2.45, 2.75) is 57.6 Å². The molecule has 1 amide bonds. The molecule has 0 aliphatic heterocycles. The van der Waals surface area contributed by atoms with Gasteiger partial charge in [0, 0.05) is 17.5 Å². The molecule has 0 saturated carbocycles. The average molecular weight is 520 g/mol. The second kappa shape index (κ2) is 12.5. The highest BCUT2D eigenvalue weighted by atomic mass is 35.5.